The van der Waals surface area contributed by atoms with Crippen LogP contribution in [0.3, 0.4) is 0 Å². The molecule has 1 N–H and O–H groups in total. The summed E-state index contributed by atoms with van der Waals surface area (Å²) in [7, 11) is 1.60. The smallest absolute Gasteiger partial charge is 0.269 e. The number of methoxy groups -OCH3 is 1. The Balaban J connectivity index is 1.56. The van der Waals surface area contributed by atoms with Gasteiger partial charge in [0, 0.05) is 23.3 Å². The first-order chi connectivity index (χ1) is 12.6. The van der Waals surface area contributed by atoms with Crippen LogP contribution in [0.15, 0.2) is 48.5 Å². The number of hydrogen-bond acceptors (Lipinski definition) is 4. The normalized spacial score (nSPS) is 14.9. The number of rotatable bonds is 5. The van der Waals surface area contributed by atoms with Gasteiger partial charge in [-0.05, 0) is 24.3 Å². The van der Waals surface area contributed by atoms with Crippen molar-refractivity contribution in [3.05, 3.63) is 69.8 Å². The Kier molecular flexibility index (Phi) is 5.48. The molecule has 0 unspecified atom stereocenters. The molecule has 0 bridgehead atoms. The monoisotopic (exact) mass is 356 g/mol. The molecule has 0 saturated carbocycles. The third-order valence-corrected chi connectivity index (χ3v) is 4.67. The minimum atomic E-state index is -0.371. The highest BCUT2D eigenvalue weighted by Crippen LogP contribution is 2.14. The molecule has 0 aromatic heterocycles. The molecule has 1 saturated heterocycles. The quantitative estimate of drug-likeness (QED) is 0.644. The third kappa shape index (κ3) is 4.18. The molecule has 1 heterocycles. The fraction of sp³-hybridized carbons (Fsp3) is 0.316. The van der Waals surface area contributed by atoms with E-state index in [1.165, 1.54) is 11.0 Å². The Morgan fingerprint density at radius 2 is 1.88 bits per heavy atom. The van der Waals surface area contributed by atoms with Crippen LogP contribution < -0.4 is 9.64 Å². The molecule has 7 heteroatoms. The standard InChI is InChI=1S/C19H21N3O4/c1-26-18-7-5-16(6-8-18)19(23)21-11-9-20(10-12-21)14-15-3-2-4-17(13-15)22(24)25/h2-8,13H,9-12,14H2,1H3/p+1. The Morgan fingerprint density at radius 3 is 2.50 bits per heavy atom. The third-order valence-electron chi connectivity index (χ3n) is 4.67. The van der Waals surface area contributed by atoms with Crippen molar-refractivity contribution in [2.75, 3.05) is 33.3 Å². The zero-order chi connectivity index (χ0) is 18.5. The number of carbonyl (C=O) groups excluding carboxylic acids is 1. The molecule has 0 radical (unpaired) electrons. The molecule has 7 nitrogen and oxygen atoms in total. The number of non-ortho nitro benzene ring substituents is 1. The number of nitro groups is 1. The van der Waals surface area contributed by atoms with Gasteiger partial charge in [-0.15, -0.1) is 0 Å². The molecule has 0 aliphatic carbocycles. The lowest BCUT2D eigenvalue weighted by atomic mass is 10.1. The van der Waals surface area contributed by atoms with Crippen LogP contribution in [-0.4, -0.2) is 49.0 Å². The van der Waals surface area contributed by atoms with E-state index < -0.39 is 0 Å². The van der Waals surface area contributed by atoms with Crippen molar-refractivity contribution in [1.29, 1.82) is 0 Å². The maximum Gasteiger partial charge on any atom is 0.269 e. The summed E-state index contributed by atoms with van der Waals surface area (Å²) in [6.07, 6.45) is 0. The molecular formula is C19H22N3O4+. The fourth-order valence-electron chi connectivity index (χ4n) is 3.19. The lowest BCUT2D eigenvalue weighted by Crippen LogP contribution is -3.13. The average molecular weight is 356 g/mol. The van der Waals surface area contributed by atoms with Crippen molar-refractivity contribution in [3.63, 3.8) is 0 Å². The molecule has 3 rings (SSSR count). The molecule has 2 aromatic rings. The van der Waals surface area contributed by atoms with Gasteiger partial charge in [0.05, 0.1) is 38.2 Å². The fourth-order valence-corrected chi connectivity index (χ4v) is 3.19. The van der Waals surface area contributed by atoms with Gasteiger partial charge in [-0.3, -0.25) is 14.9 Å². The number of piperazine rings is 1. The summed E-state index contributed by atoms with van der Waals surface area (Å²) in [4.78, 5) is 26.3. The minimum absolute atomic E-state index is 0.0297. The Labute approximate surface area is 151 Å². The van der Waals surface area contributed by atoms with Gasteiger partial charge in [0.1, 0.15) is 12.3 Å². The molecule has 136 valence electrons. The number of hydrogen-bond donors (Lipinski definition) is 1. The molecule has 0 spiro atoms. The first-order valence-corrected chi connectivity index (χ1v) is 8.57. The van der Waals surface area contributed by atoms with Gasteiger partial charge in [0.2, 0.25) is 0 Å². The van der Waals surface area contributed by atoms with Crippen molar-refractivity contribution >= 4 is 11.6 Å². The van der Waals surface area contributed by atoms with Crippen molar-refractivity contribution in [2.24, 2.45) is 0 Å². The second-order valence-corrected chi connectivity index (χ2v) is 6.37. The Bertz CT molecular complexity index is 784. The van der Waals surface area contributed by atoms with E-state index in [1.807, 2.05) is 11.0 Å². The summed E-state index contributed by atoms with van der Waals surface area (Å²) in [5, 5.41) is 10.9. The summed E-state index contributed by atoms with van der Waals surface area (Å²) in [5.41, 5.74) is 1.73. The lowest BCUT2D eigenvalue weighted by molar-refractivity contribution is -0.917. The number of benzene rings is 2. The van der Waals surface area contributed by atoms with E-state index in [-0.39, 0.29) is 16.5 Å². The van der Waals surface area contributed by atoms with E-state index in [2.05, 4.69) is 0 Å². The predicted octanol–water partition coefficient (Wildman–Crippen LogP) is 1.14. The van der Waals surface area contributed by atoms with Gasteiger partial charge in [-0.1, -0.05) is 12.1 Å². The van der Waals surface area contributed by atoms with E-state index in [0.29, 0.717) is 18.7 Å². The van der Waals surface area contributed by atoms with E-state index in [0.717, 1.165) is 30.9 Å². The summed E-state index contributed by atoms with van der Waals surface area (Å²) >= 11 is 0. The van der Waals surface area contributed by atoms with Crippen LogP contribution in [0.2, 0.25) is 0 Å². The highest BCUT2D eigenvalue weighted by atomic mass is 16.6. The van der Waals surface area contributed by atoms with E-state index in [4.69, 9.17) is 4.74 Å². The molecule has 2 aromatic carbocycles. The van der Waals surface area contributed by atoms with Crippen molar-refractivity contribution in [2.45, 2.75) is 6.54 Å². The summed E-state index contributed by atoms with van der Waals surface area (Å²) in [6.45, 7) is 3.73. The zero-order valence-electron chi connectivity index (χ0n) is 14.7. The number of nitrogens with one attached hydrogen (secondary N) is 1. The average Bonchev–Trinajstić information content (AvgIpc) is 2.68. The van der Waals surface area contributed by atoms with Gasteiger partial charge in [0.25, 0.3) is 11.6 Å². The molecule has 1 aliphatic heterocycles. The Morgan fingerprint density at radius 1 is 1.19 bits per heavy atom. The first kappa shape index (κ1) is 17.9. The first-order valence-electron chi connectivity index (χ1n) is 8.57. The van der Waals surface area contributed by atoms with Gasteiger partial charge < -0.3 is 14.5 Å². The van der Waals surface area contributed by atoms with Crippen molar-refractivity contribution in [3.8, 4) is 5.75 Å². The number of nitrogens with zero attached hydrogens (tertiary/aromatic N) is 2. The van der Waals surface area contributed by atoms with Crippen LogP contribution in [-0.2, 0) is 6.54 Å². The van der Waals surface area contributed by atoms with E-state index in [9.17, 15) is 14.9 Å². The van der Waals surface area contributed by atoms with E-state index >= 15 is 0 Å². The van der Waals surface area contributed by atoms with Crippen LogP contribution in [0.25, 0.3) is 0 Å². The van der Waals surface area contributed by atoms with Crippen LogP contribution >= 0.6 is 0 Å². The number of carbonyl (C=O) groups is 1. The summed E-state index contributed by atoms with van der Waals surface area (Å²) < 4.78 is 5.12. The van der Waals surface area contributed by atoms with Crippen LogP contribution in [0.1, 0.15) is 15.9 Å². The van der Waals surface area contributed by atoms with Crippen molar-refractivity contribution in [1.82, 2.24) is 4.90 Å². The number of nitro benzene ring substituents is 1. The summed E-state index contributed by atoms with van der Waals surface area (Å²) in [6, 6.07) is 13.9. The molecule has 1 fully saturated rings. The topological polar surface area (TPSA) is 77.1 Å². The molecule has 1 aliphatic rings. The number of amides is 1. The number of ether oxygens (including phenoxy) is 1. The van der Waals surface area contributed by atoms with Crippen LogP contribution in [0.4, 0.5) is 5.69 Å². The predicted molar refractivity (Wildman–Crippen MR) is 96.4 cm³/mol. The van der Waals surface area contributed by atoms with E-state index in [1.54, 1.807) is 43.5 Å². The number of quaternary nitrogens is 1. The van der Waals surface area contributed by atoms with Crippen LogP contribution in [0.5, 0.6) is 5.75 Å². The summed E-state index contributed by atoms with van der Waals surface area (Å²) in [5.74, 6) is 0.759. The molecular weight excluding hydrogens is 334 g/mol. The SMILES string of the molecule is COc1ccc(C(=O)N2CC[NH+](Cc3cccc([N+](=O)[O-])c3)CC2)cc1. The van der Waals surface area contributed by atoms with Crippen molar-refractivity contribution < 1.29 is 19.4 Å². The maximum atomic E-state index is 12.6. The van der Waals surface area contributed by atoms with Crippen LogP contribution in [0, 0.1) is 10.1 Å². The molecule has 26 heavy (non-hydrogen) atoms. The van der Waals surface area contributed by atoms with Gasteiger partial charge in [0.15, 0.2) is 0 Å². The highest BCUT2D eigenvalue weighted by molar-refractivity contribution is 5.94. The minimum Gasteiger partial charge on any atom is -0.497 e. The highest BCUT2D eigenvalue weighted by Gasteiger charge is 2.25. The molecule has 1 amide bonds. The lowest BCUT2D eigenvalue weighted by Gasteiger charge is -2.32. The molecule has 0 atom stereocenters. The Hall–Kier alpha value is -2.93. The second kappa shape index (κ2) is 7.97. The van der Waals surface area contributed by atoms with Gasteiger partial charge in [-0.2, -0.15) is 0 Å². The van der Waals surface area contributed by atoms with Gasteiger partial charge in [-0.25, -0.2) is 0 Å². The maximum absolute atomic E-state index is 12.6. The van der Waals surface area contributed by atoms with Gasteiger partial charge >= 0.3 is 0 Å². The zero-order valence-corrected chi connectivity index (χ0v) is 14.7. The largest absolute Gasteiger partial charge is 0.497 e. The second-order valence-electron chi connectivity index (χ2n) is 6.37.